The van der Waals surface area contributed by atoms with Gasteiger partial charge in [-0.25, -0.2) is 19.0 Å². The molecule has 2 aromatic carbocycles. The van der Waals surface area contributed by atoms with Crippen LogP contribution in [0.4, 0.5) is 10.2 Å². The molecular weight excluding hydrogens is 407 g/mol. The van der Waals surface area contributed by atoms with Crippen LogP contribution in [0.5, 0.6) is 0 Å². The molecule has 0 aliphatic rings. The molecule has 0 bridgehead atoms. The first-order chi connectivity index (χ1) is 15.6. The molecule has 7 nitrogen and oxygen atoms in total. The summed E-state index contributed by atoms with van der Waals surface area (Å²) >= 11 is 0. The van der Waals surface area contributed by atoms with Gasteiger partial charge in [-0.05, 0) is 42.8 Å². The van der Waals surface area contributed by atoms with Gasteiger partial charge in [-0.1, -0.05) is 32.0 Å². The van der Waals surface area contributed by atoms with E-state index in [1.54, 1.807) is 6.20 Å². The van der Waals surface area contributed by atoms with E-state index in [4.69, 9.17) is 9.97 Å². The summed E-state index contributed by atoms with van der Waals surface area (Å²) in [5.41, 5.74) is 2.08. The van der Waals surface area contributed by atoms with Crippen molar-refractivity contribution in [2.24, 2.45) is 0 Å². The monoisotopic (exact) mass is 432 g/mol. The Kier molecular flexibility index (Phi) is 6.39. The lowest BCUT2D eigenvalue weighted by atomic mass is 10.1. The maximum atomic E-state index is 13.0. The molecule has 0 spiro atoms. The summed E-state index contributed by atoms with van der Waals surface area (Å²) in [6.45, 7) is 5.05. The third kappa shape index (κ3) is 4.59. The predicted octanol–water partition coefficient (Wildman–Crippen LogP) is 4.31. The number of amides is 1. The summed E-state index contributed by atoms with van der Waals surface area (Å²) in [6.07, 6.45) is 2.67. The molecule has 0 fully saturated rings. The quantitative estimate of drug-likeness (QED) is 0.405. The molecule has 164 valence electrons. The van der Waals surface area contributed by atoms with Gasteiger partial charge in [-0.3, -0.25) is 4.79 Å². The highest BCUT2D eigenvalue weighted by atomic mass is 19.1. The zero-order chi connectivity index (χ0) is 22.5. The van der Waals surface area contributed by atoms with E-state index in [0.29, 0.717) is 24.5 Å². The third-order valence-corrected chi connectivity index (χ3v) is 5.31. The zero-order valence-electron chi connectivity index (χ0n) is 18.0. The first-order valence-corrected chi connectivity index (χ1v) is 10.7. The molecule has 4 aromatic rings. The smallest absolute Gasteiger partial charge is 0.251 e. The van der Waals surface area contributed by atoms with Crippen LogP contribution in [0.15, 0.2) is 60.8 Å². The number of benzene rings is 2. The number of hydrogen-bond acceptors (Lipinski definition) is 5. The van der Waals surface area contributed by atoms with Crippen LogP contribution in [0.2, 0.25) is 0 Å². The topological polar surface area (TPSA) is 84.7 Å². The number of hydrogen-bond donors (Lipinski definition) is 2. The van der Waals surface area contributed by atoms with Crippen LogP contribution >= 0.6 is 0 Å². The van der Waals surface area contributed by atoms with E-state index in [1.807, 2.05) is 35.0 Å². The minimum absolute atomic E-state index is 0.192. The molecular formula is C24H25FN6O. The van der Waals surface area contributed by atoms with E-state index in [-0.39, 0.29) is 17.6 Å². The fourth-order valence-corrected chi connectivity index (χ4v) is 3.28. The number of nitrogens with one attached hydrogen (secondary N) is 2. The SMILES string of the molecule is CC[C@@H](C)c1nc(NCCNC(=O)c2ccc(F)cc2)c2cnn(-c3ccccc3)c2n1. The van der Waals surface area contributed by atoms with Crippen molar-refractivity contribution in [1.29, 1.82) is 0 Å². The van der Waals surface area contributed by atoms with Gasteiger partial charge < -0.3 is 10.6 Å². The van der Waals surface area contributed by atoms with E-state index in [2.05, 4.69) is 29.6 Å². The van der Waals surface area contributed by atoms with Gasteiger partial charge in [0.1, 0.15) is 17.5 Å². The predicted molar refractivity (Wildman–Crippen MR) is 123 cm³/mol. The second-order valence-electron chi connectivity index (χ2n) is 7.56. The fourth-order valence-electron chi connectivity index (χ4n) is 3.28. The van der Waals surface area contributed by atoms with Crippen LogP contribution in [-0.2, 0) is 0 Å². The Morgan fingerprint density at radius 3 is 2.53 bits per heavy atom. The molecule has 2 N–H and O–H groups in total. The molecule has 0 unspecified atom stereocenters. The Hall–Kier alpha value is -3.81. The molecule has 0 radical (unpaired) electrons. The molecule has 0 saturated heterocycles. The lowest BCUT2D eigenvalue weighted by Crippen LogP contribution is -2.29. The molecule has 2 heterocycles. The molecule has 32 heavy (non-hydrogen) atoms. The minimum Gasteiger partial charge on any atom is -0.368 e. The van der Waals surface area contributed by atoms with Gasteiger partial charge in [-0.2, -0.15) is 5.10 Å². The van der Waals surface area contributed by atoms with E-state index in [1.165, 1.54) is 24.3 Å². The molecule has 8 heteroatoms. The second-order valence-corrected chi connectivity index (χ2v) is 7.56. The fraction of sp³-hybridized carbons (Fsp3) is 0.250. The Balaban J connectivity index is 1.53. The van der Waals surface area contributed by atoms with Crippen molar-refractivity contribution in [1.82, 2.24) is 25.1 Å². The number of carbonyl (C=O) groups is 1. The molecule has 1 atom stereocenters. The number of halogens is 1. The van der Waals surface area contributed by atoms with Crippen LogP contribution < -0.4 is 10.6 Å². The van der Waals surface area contributed by atoms with Gasteiger partial charge in [0.25, 0.3) is 5.91 Å². The van der Waals surface area contributed by atoms with Crippen LogP contribution in [0.25, 0.3) is 16.7 Å². The average Bonchev–Trinajstić information content (AvgIpc) is 3.26. The number of rotatable bonds is 8. The second kappa shape index (κ2) is 9.55. The summed E-state index contributed by atoms with van der Waals surface area (Å²) in [6, 6.07) is 15.3. The number of carbonyl (C=O) groups excluding carboxylic acids is 1. The van der Waals surface area contributed by atoms with Gasteiger partial charge in [-0.15, -0.1) is 0 Å². The van der Waals surface area contributed by atoms with Crippen LogP contribution in [0.3, 0.4) is 0 Å². The number of fused-ring (bicyclic) bond motifs is 1. The number of nitrogens with zero attached hydrogens (tertiary/aromatic N) is 4. The molecule has 0 aliphatic carbocycles. The van der Waals surface area contributed by atoms with Crippen LogP contribution in [0, 0.1) is 5.82 Å². The van der Waals surface area contributed by atoms with Crippen molar-refractivity contribution in [3.05, 3.63) is 78.0 Å². The Morgan fingerprint density at radius 1 is 1.06 bits per heavy atom. The van der Waals surface area contributed by atoms with Crippen molar-refractivity contribution in [3.8, 4) is 5.69 Å². The summed E-state index contributed by atoms with van der Waals surface area (Å²) in [7, 11) is 0. The summed E-state index contributed by atoms with van der Waals surface area (Å²) < 4.78 is 14.8. The average molecular weight is 433 g/mol. The van der Waals surface area contributed by atoms with Gasteiger partial charge in [0.15, 0.2) is 5.65 Å². The minimum atomic E-state index is -0.371. The van der Waals surface area contributed by atoms with E-state index < -0.39 is 0 Å². The lowest BCUT2D eigenvalue weighted by Gasteiger charge is -2.13. The zero-order valence-corrected chi connectivity index (χ0v) is 18.0. The van der Waals surface area contributed by atoms with Gasteiger partial charge >= 0.3 is 0 Å². The van der Waals surface area contributed by atoms with Crippen molar-refractivity contribution >= 4 is 22.8 Å². The van der Waals surface area contributed by atoms with Gasteiger partial charge in [0.05, 0.1) is 17.3 Å². The molecule has 0 saturated carbocycles. The number of para-hydroxylation sites is 1. The van der Waals surface area contributed by atoms with E-state index in [9.17, 15) is 9.18 Å². The Morgan fingerprint density at radius 2 is 1.81 bits per heavy atom. The Bertz CT molecular complexity index is 1210. The maximum Gasteiger partial charge on any atom is 0.251 e. The highest BCUT2D eigenvalue weighted by Gasteiger charge is 2.16. The highest BCUT2D eigenvalue weighted by Crippen LogP contribution is 2.26. The third-order valence-electron chi connectivity index (χ3n) is 5.31. The largest absolute Gasteiger partial charge is 0.368 e. The standard InChI is InChI=1S/C24H25FN6O/c1-3-16(2)21-29-22(26-13-14-27-24(32)17-9-11-18(25)12-10-17)20-15-28-31(23(20)30-21)19-7-5-4-6-8-19/h4-12,15-16H,3,13-14H2,1-2H3,(H,27,32)(H,26,29,30)/t16-/m1/s1. The first kappa shape index (κ1) is 21.4. The van der Waals surface area contributed by atoms with Crippen LogP contribution in [-0.4, -0.2) is 38.7 Å². The number of anilines is 1. The molecule has 0 aliphatic heterocycles. The van der Waals surface area contributed by atoms with Gasteiger partial charge in [0, 0.05) is 24.6 Å². The van der Waals surface area contributed by atoms with Crippen molar-refractivity contribution in [2.75, 3.05) is 18.4 Å². The normalized spacial score (nSPS) is 12.0. The summed E-state index contributed by atoms with van der Waals surface area (Å²) in [5.74, 6) is 0.997. The first-order valence-electron chi connectivity index (χ1n) is 10.7. The molecule has 2 aromatic heterocycles. The van der Waals surface area contributed by atoms with Crippen molar-refractivity contribution in [3.63, 3.8) is 0 Å². The molecule has 4 rings (SSSR count). The number of aromatic nitrogens is 4. The van der Waals surface area contributed by atoms with Crippen molar-refractivity contribution < 1.29 is 9.18 Å². The summed E-state index contributed by atoms with van der Waals surface area (Å²) in [5, 5.41) is 11.5. The van der Waals surface area contributed by atoms with Crippen molar-refractivity contribution in [2.45, 2.75) is 26.2 Å². The van der Waals surface area contributed by atoms with Gasteiger partial charge in [0.2, 0.25) is 0 Å². The maximum absolute atomic E-state index is 13.0. The Labute approximate surface area is 185 Å². The molecule has 1 amide bonds. The highest BCUT2D eigenvalue weighted by molar-refractivity contribution is 5.94. The van der Waals surface area contributed by atoms with Crippen LogP contribution in [0.1, 0.15) is 42.4 Å². The van der Waals surface area contributed by atoms with E-state index in [0.717, 1.165) is 29.0 Å². The van der Waals surface area contributed by atoms with E-state index >= 15 is 0 Å². The summed E-state index contributed by atoms with van der Waals surface area (Å²) in [4.78, 5) is 21.8. The lowest BCUT2D eigenvalue weighted by molar-refractivity contribution is 0.0955.